The van der Waals surface area contributed by atoms with Crippen molar-refractivity contribution in [3.05, 3.63) is 64.7 Å². The first-order chi connectivity index (χ1) is 10.5. The third kappa shape index (κ3) is 4.09. The molecular weight excluding hydrogens is 300 g/mol. The van der Waals surface area contributed by atoms with Crippen LogP contribution in [0, 0.1) is 6.92 Å². The normalized spacial score (nSPS) is 11.6. The molecule has 0 aliphatic heterocycles. The second-order valence-corrected chi connectivity index (χ2v) is 5.46. The van der Waals surface area contributed by atoms with E-state index in [2.05, 4.69) is 10.6 Å². The van der Waals surface area contributed by atoms with Gasteiger partial charge in [0.2, 0.25) is 0 Å². The fourth-order valence-electron chi connectivity index (χ4n) is 2.00. The van der Waals surface area contributed by atoms with E-state index >= 15 is 0 Å². The van der Waals surface area contributed by atoms with Crippen molar-refractivity contribution in [3.63, 3.8) is 0 Å². The Balaban J connectivity index is 2.01. The molecule has 2 aromatic rings. The van der Waals surface area contributed by atoms with Gasteiger partial charge in [0.15, 0.2) is 0 Å². The summed E-state index contributed by atoms with van der Waals surface area (Å²) in [7, 11) is 0. The number of rotatable bonds is 3. The van der Waals surface area contributed by atoms with Crippen LogP contribution in [0.15, 0.2) is 48.5 Å². The molecule has 22 heavy (non-hydrogen) atoms. The third-order valence-corrected chi connectivity index (χ3v) is 3.54. The zero-order valence-electron chi connectivity index (χ0n) is 12.4. The molecule has 0 unspecified atom stereocenters. The molecule has 0 fully saturated rings. The first-order valence-corrected chi connectivity index (χ1v) is 7.28. The molecular formula is C17H17ClN2O2. The van der Waals surface area contributed by atoms with Gasteiger partial charge < -0.3 is 10.6 Å². The number of anilines is 1. The second kappa shape index (κ2) is 7.09. The van der Waals surface area contributed by atoms with Crippen LogP contribution in [0.5, 0.6) is 0 Å². The lowest BCUT2D eigenvalue weighted by atomic mass is 10.1. The van der Waals surface area contributed by atoms with Gasteiger partial charge in [-0.1, -0.05) is 48.0 Å². The standard InChI is InChI=1S/C17H17ClN2O2/c1-11-8-9-14(18)10-15(11)20-17(22)16(21)19-12(2)13-6-4-3-5-7-13/h3-10,12H,1-2H3,(H,19,21)(H,20,22)/t12-/m0/s1. The van der Waals surface area contributed by atoms with Crippen molar-refractivity contribution < 1.29 is 9.59 Å². The molecule has 4 nitrogen and oxygen atoms in total. The van der Waals surface area contributed by atoms with E-state index in [0.29, 0.717) is 10.7 Å². The Hall–Kier alpha value is -2.33. The van der Waals surface area contributed by atoms with Crippen molar-refractivity contribution in [2.45, 2.75) is 19.9 Å². The largest absolute Gasteiger partial charge is 0.341 e. The second-order valence-electron chi connectivity index (χ2n) is 5.02. The zero-order chi connectivity index (χ0) is 16.1. The average molecular weight is 317 g/mol. The molecule has 2 aromatic carbocycles. The Kier molecular flexibility index (Phi) is 5.17. The quantitative estimate of drug-likeness (QED) is 0.852. The van der Waals surface area contributed by atoms with E-state index in [9.17, 15) is 9.59 Å². The van der Waals surface area contributed by atoms with Crippen LogP contribution in [-0.4, -0.2) is 11.8 Å². The van der Waals surface area contributed by atoms with E-state index in [1.54, 1.807) is 18.2 Å². The van der Waals surface area contributed by atoms with Crippen LogP contribution in [0.25, 0.3) is 0 Å². The van der Waals surface area contributed by atoms with E-state index in [0.717, 1.165) is 11.1 Å². The van der Waals surface area contributed by atoms with Gasteiger partial charge in [0.25, 0.3) is 0 Å². The summed E-state index contributed by atoms with van der Waals surface area (Å²) in [4.78, 5) is 23.9. The topological polar surface area (TPSA) is 58.2 Å². The number of benzene rings is 2. The first kappa shape index (κ1) is 16.0. The third-order valence-electron chi connectivity index (χ3n) is 3.30. The highest BCUT2D eigenvalue weighted by Crippen LogP contribution is 2.20. The lowest BCUT2D eigenvalue weighted by Crippen LogP contribution is -2.37. The van der Waals surface area contributed by atoms with E-state index in [1.165, 1.54) is 0 Å². The molecule has 0 saturated heterocycles. The molecule has 2 rings (SSSR count). The van der Waals surface area contributed by atoms with E-state index in [-0.39, 0.29) is 6.04 Å². The Bertz CT molecular complexity index is 686. The van der Waals surface area contributed by atoms with Gasteiger partial charge in [-0.3, -0.25) is 9.59 Å². The van der Waals surface area contributed by atoms with Crippen LogP contribution in [0.2, 0.25) is 5.02 Å². The SMILES string of the molecule is Cc1ccc(Cl)cc1NC(=O)C(=O)N[C@@H](C)c1ccccc1. The van der Waals surface area contributed by atoms with Gasteiger partial charge in [-0.25, -0.2) is 0 Å². The summed E-state index contributed by atoms with van der Waals surface area (Å²) < 4.78 is 0. The predicted octanol–water partition coefficient (Wildman–Crippen LogP) is 3.46. The van der Waals surface area contributed by atoms with Crippen molar-refractivity contribution >= 4 is 29.1 Å². The van der Waals surface area contributed by atoms with Crippen LogP contribution >= 0.6 is 11.6 Å². The molecule has 5 heteroatoms. The number of amides is 2. The zero-order valence-corrected chi connectivity index (χ0v) is 13.1. The summed E-state index contributed by atoms with van der Waals surface area (Å²) in [6.45, 7) is 3.65. The number of hydrogen-bond acceptors (Lipinski definition) is 2. The minimum Gasteiger partial charge on any atom is -0.341 e. The highest BCUT2D eigenvalue weighted by atomic mass is 35.5. The summed E-state index contributed by atoms with van der Waals surface area (Å²) >= 11 is 5.89. The molecule has 0 heterocycles. The first-order valence-electron chi connectivity index (χ1n) is 6.90. The molecule has 0 aromatic heterocycles. The lowest BCUT2D eigenvalue weighted by molar-refractivity contribution is -0.136. The van der Waals surface area contributed by atoms with E-state index in [4.69, 9.17) is 11.6 Å². The number of halogens is 1. The van der Waals surface area contributed by atoms with Crippen molar-refractivity contribution in [2.24, 2.45) is 0 Å². The minimum absolute atomic E-state index is 0.250. The summed E-state index contributed by atoms with van der Waals surface area (Å²) in [6.07, 6.45) is 0. The Labute approximate surface area is 134 Å². The fourth-order valence-corrected chi connectivity index (χ4v) is 2.17. The summed E-state index contributed by atoms with van der Waals surface area (Å²) in [5, 5.41) is 5.74. The number of nitrogens with one attached hydrogen (secondary N) is 2. The van der Waals surface area contributed by atoms with Crippen LogP contribution < -0.4 is 10.6 Å². The summed E-state index contributed by atoms with van der Waals surface area (Å²) in [6, 6.07) is 14.3. The molecule has 0 bridgehead atoms. The smallest absolute Gasteiger partial charge is 0.313 e. The van der Waals surface area contributed by atoms with Crippen molar-refractivity contribution in [1.82, 2.24) is 5.32 Å². The van der Waals surface area contributed by atoms with Gasteiger partial charge in [0, 0.05) is 10.7 Å². The van der Waals surface area contributed by atoms with Crippen LogP contribution in [0.4, 0.5) is 5.69 Å². The maximum atomic E-state index is 12.0. The molecule has 0 saturated carbocycles. The van der Waals surface area contributed by atoms with E-state index in [1.807, 2.05) is 44.2 Å². The summed E-state index contributed by atoms with van der Waals surface area (Å²) in [5.74, 6) is -1.40. The molecule has 1 atom stereocenters. The number of carbonyl (C=O) groups excluding carboxylic acids is 2. The van der Waals surface area contributed by atoms with Crippen LogP contribution in [-0.2, 0) is 9.59 Å². The predicted molar refractivity (Wildman–Crippen MR) is 87.8 cm³/mol. The lowest BCUT2D eigenvalue weighted by Gasteiger charge is -2.14. The fraction of sp³-hybridized carbons (Fsp3) is 0.176. The molecule has 0 radical (unpaired) electrons. The van der Waals surface area contributed by atoms with Crippen LogP contribution in [0.1, 0.15) is 24.1 Å². The molecule has 2 N–H and O–H groups in total. The molecule has 2 amide bonds. The van der Waals surface area contributed by atoms with Gasteiger partial charge >= 0.3 is 11.8 Å². The van der Waals surface area contributed by atoms with Crippen LogP contribution in [0.3, 0.4) is 0 Å². The Morgan fingerprint density at radius 1 is 1.05 bits per heavy atom. The van der Waals surface area contributed by atoms with Crippen molar-refractivity contribution in [1.29, 1.82) is 0 Å². The van der Waals surface area contributed by atoms with E-state index < -0.39 is 11.8 Å². The highest BCUT2D eigenvalue weighted by molar-refractivity contribution is 6.40. The number of aryl methyl sites for hydroxylation is 1. The minimum atomic E-state index is -0.715. The van der Waals surface area contributed by atoms with Gasteiger partial charge in [-0.05, 0) is 37.1 Å². The summed E-state index contributed by atoms with van der Waals surface area (Å²) in [5.41, 5.74) is 2.30. The molecule has 114 valence electrons. The Morgan fingerprint density at radius 2 is 1.73 bits per heavy atom. The Morgan fingerprint density at radius 3 is 2.41 bits per heavy atom. The van der Waals surface area contributed by atoms with Gasteiger partial charge in [0.1, 0.15) is 0 Å². The molecule has 0 spiro atoms. The number of hydrogen-bond donors (Lipinski definition) is 2. The average Bonchev–Trinajstić information content (AvgIpc) is 2.51. The van der Waals surface area contributed by atoms with Crippen molar-refractivity contribution in [3.8, 4) is 0 Å². The van der Waals surface area contributed by atoms with Gasteiger partial charge in [-0.15, -0.1) is 0 Å². The maximum Gasteiger partial charge on any atom is 0.313 e. The van der Waals surface area contributed by atoms with Crippen molar-refractivity contribution in [2.75, 3.05) is 5.32 Å². The van der Waals surface area contributed by atoms with Gasteiger partial charge in [-0.2, -0.15) is 0 Å². The molecule has 0 aliphatic carbocycles. The molecule has 0 aliphatic rings. The number of carbonyl (C=O) groups is 2. The maximum absolute atomic E-state index is 12.0. The van der Waals surface area contributed by atoms with Gasteiger partial charge in [0.05, 0.1) is 6.04 Å². The monoisotopic (exact) mass is 316 g/mol. The highest BCUT2D eigenvalue weighted by Gasteiger charge is 2.17.